The van der Waals surface area contributed by atoms with Gasteiger partial charge < -0.3 is 5.11 Å². The van der Waals surface area contributed by atoms with E-state index in [9.17, 15) is 4.79 Å². The van der Waals surface area contributed by atoms with Gasteiger partial charge >= 0.3 is 5.97 Å². The van der Waals surface area contributed by atoms with Gasteiger partial charge in [0, 0.05) is 6.08 Å². The topological polar surface area (TPSA) is 37.3 Å². The zero-order valence-electron chi connectivity index (χ0n) is 9.34. The quantitative estimate of drug-likeness (QED) is 0.521. The fourth-order valence-corrected chi connectivity index (χ4v) is 1.33. The van der Waals surface area contributed by atoms with Crippen LogP contribution in [0.1, 0.15) is 46.5 Å². The second kappa shape index (κ2) is 7.36. The Kier molecular flexibility index (Phi) is 6.81. The highest BCUT2D eigenvalue weighted by Crippen LogP contribution is 2.09. The minimum Gasteiger partial charge on any atom is -0.478 e. The van der Waals surface area contributed by atoms with Crippen LogP contribution in [0, 0.1) is 0 Å². The number of hydrogen-bond acceptors (Lipinski definition) is 1. The van der Waals surface area contributed by atoms with E-state index in [1.807, 2.05) is 6.92 Å². The van der Waals surface area contributed by atoms with E-state index in [0.29, 0.717) is 0 Å². The molecular weight excluding hydrogens is 176 g/mol. The van der Waals surface area contributed by atoms with Crippen molar-refractivity contribution >= 4 is 5.97 Å². The molecule has 0 aromatic carbocycles. The first-order valence-corrected chi connectivity index (χ1v) is 5.12. The lowest BCUT2D eigenvalue weighted by molar-refractivity contribution is -0.131. The molecule has 0 radical (unpaired) electrons. The number of hydrogen-bond donors (Lipinski definition) is 1. The number of rotatable bonds is 6. The Morgan fingerprint density at radius 2 is 1.86 bits per heavy atom. The molecule has 0 fully saturated rings. The van der Waals surface area contributed by atoms with Gasteiger partial charge in [0.1, 0.15) is 0 Å². The van der Waals surface area contributed by atoms with Gasteiger partial charge in [0.25, 0.3) is 0 Å². The average Bonchev–Trinajstić information content (AvgIpc) is 2.02. The highest BCUT2D eigenvalue weighted by molar-refractivity contribution is 5.80. The van der Waals surface area contributed by atoms with Gasteiger partial charge in [-0.1, -0.05) is 30.6 Å². The molecule has 0 aromatic heterocycles. The Balaban J connectivity index is 3.84. The molecule has 0 atom stereocenters. The summed E-state index contributed by atoms with van der Waals surface area (Å²) in [7, 11) is 0. The van der Waals surface area contributed by atoms with Crippen LogP contribution in [-0.2, 0) is 4.79 Å². The number of allylic oxidation sites excluding steroid dienone is 3. The molecule has 0 heterocycles. The van der Waals surface area contributed by atoms with Crippen molar-refractivity contribution in [3.05, 3.63) is 23.3 Å². The Morgan fingerprint density at radius 3 is 2.36 bits per heavy atom. The van der Waals surface area contributed by atoms with Crippen LogP contribution >= 0.6 is 0 Å². The van der Waals surface area contributed by atoms with Crippen molar-refractivity contribution in [1.29, 1.82) is 0 Å². The van der Waals surface area contributed by atoms with Crippen LogP contribution in [0.5, 0.6) is 0 Å². The fourth-order valence-electron chi connectivity index (χ4n) is 1.33. The van der Waals surface area contributed by atoms with Gasteiger partial charge in [-0.25, -0.2) is 4.79 Å². The standard InChI is InChI=1S/C12H20O2/c1-4-6-10(2)7-5-8-11(3)9-12(13)14/h7,9H,4-6,8H2,1-3H3,(H,13,14)/b10-7+,11-9+. The summed E-state index contributed by atoms with van der Waals surface area (Å²) in [5.41, 5.74) is 2.33. The molecule has 2 heteroatoms. The van der Waals surface area contributed by atoms with E-state index in [1.165, 1.54) is 18.1 Å². The highest BCUT2D eigenvalue weighted by atomic mass is 16.4. The fraction of sp³-hybridized carbons (Fsp3) is 0.583. The van der Waals surface area contributed by atoms with E-state index < -0.39 is 5.97 Å². The van der Waals surface area contributed by atoms with E-state index >= 15 is 0 Å². The number of carboxylic acids is 1. The normalized spacial score (nSPS) is 13.1. The van der Waals surface area contributed by atoms with E-state index in [4.69, 9.17) is 5.11 Å². The summed E-state index contributed by atoms with van der Waals surface area (Å²) in [6.45, 7) is 6.14. The van der Waals surface area contributed by atoms with Gasteiger partial charge in [-0.3, -0.25) is 0 Å². The Morgan fingerprint density at radius 1 is 1.21 bits per heavy atom. The van der Waals surface area contributed by atoms with Crippen molar-refractivity contribution in [2.75, 3.05) is 0 Å². The second-order valence-corrected chi connectivity index (χ2v) is 3.67. The summed E-state index contributed by atoms with van der Waals surface area (Å²) >= 11 is 0. The summed E-state index contributed by atoms with van der Waals surface area (Å²) < 4.78 is 0. The third-order valence-electron chi connectivity index (χ3n) is 2.05. The lowest BCUT2D eigenvalue weighted by Gasteiger charge is -1.99. The first-order chi connectivity index (χ1) is 6.56. The van der Waals surface area contributed by atoms with Crippen LogP contribution in [-0.4, -0.2) is 11.1 Å². The molecular formula is C12H20O2. The Bertz CT molecular complexity index is 237. The summed E-state index contributed by atoms with van der Waals surface area (Å²) in [5.74, 6) is -0.850. The molecule has 2 nitrogen and oxygen atoms in total. The van der Waals surface area contributed by atoms with E-state index in [0.717, 1.165) is 24.8 Å². The van der Waals surface area contributed by atoms with Crippen molar-refractivity contribution in [1.82, 2.24) is 0 Å². The van der Waals surface area contributed by atoms with E-state index in [2.05, 4.69) is 19.9 Å². The zero-order valence-corrected chi connectivity index (χ0v) is 9.34. The van der Waals surface area contributed by atoms with E-state index in [-0.39, 0.29) is 0 Å². The highest BCUT2D eigenvalue weighted by Gasteiger charge is 1.93. The molecule has 0 bridgehead atoms. The molecule has 0 saturated carbocycles. The van der Waals surface area contributed by atoms with Gasteiger partial charge in [0.15, 0.2) is 0 Å². The van der Waals surface area contributed by atoms with Crippen molar-refractivity contribution < 1.29 is 9.90 Å². The molecule has 0 spiro atoms. The first-order valence-electron chi connectivity index (χ1n) is 5.12. The largest absolute Gasteiger partial charge is 0.478 e. The molecule has 80 valence electrons. The molecule has 14 heavy (non-hydrogen) atoms. The van der Waals surface area contributed by atoms with Crippen molar-refractivity contribution in [3.63, 3.8) is 0 Å². The Labute approximate surface area is 86.3 Å². The predicted molar refractivity (Wildman–Crippen MR) is 59.3 cm³/mol. The molecule has 0 aliphatic rings. The lowest BCUT2D eigenvalue weighted by atomic mass is 10.1. The molecule has 0 aliphatic carbocycles. The van der Waals surface area contributed by atoms with Gasteiger partial charge in [0.05, 0.1) is 0 Å². The first kappa shape index (κ1) is 12.9. The molecule has 0 aliphatic heterocycles. The van der Waals surface area contributed by atoms with Crippen LogP contribution in [0.15, 0.2) is 23.3 Å². The summed E-state index contributed by atoms with van der Waals surface area (Å²) in [6.07, 6.45) is 7.58. The minimum atomic E-state index is -0.850. The molecule has 0 rings (SSSR count). The molecule has 0 unspecified atom stereocenters. The number of carbonyl (C=O) groups is 1. The minimum absolute atomic E-state index is 0.841. The summed E-state index contributed by atoms with van der Waals surface area (Å²) in [5, 5.41) is 8.48. The molecule has 0 aromatic rings. The van der Waals surface area contributed by atoms with Crippen LogP contribution in [0.4, 0.5) is 0 Å². The van der Waals surface area contributed by atoms with Gasteiger partial charge in [-0.05, 0) is 33.1 Å². The predicted octanol–water partition coefficient (Wildman–Crippen LogP) is 3.54. The molecule has 0 saturated heterocycles. The maximum Gasteiger partial charge on any atom is 0.328 e. The van der Waals surface area contributed by atoms with Crippen molar-refractivity contribution in [3.8, 4) is 0 Å². The maximum atomic E-state index is 10.3. The van der Waals surface area contributed by atoms with Crippen LogP contribution in [0.2, 0.25) is 0 Å². The van der Waals surface area contributed by atoms with Crippen molar-refractivity contribution in [2.24, 2.45) is 0 Å². The second-order valence-electron chi connectivity index (χ2n) is 3.67. The molecule has 1 N–H and O–H groups in total. The maximum absolute atomic E-state index is 10.3. The number of carboxylic acid groups (broad SMARTS) is 1. The van der Waals surface area contributed by atoms with Crippen LogP contribution in [0.25, 0.3) is 0 Å². The van der Waals surface area contributed by atoms with Gasteiger partial charge in [-0.15, -0.1) is 0 Å². The van der Waals surface area contributed by atoms with Gasteiger partial charge in [0.2, 0.25) is 0 Å². The van der Waals surface area contributed by atoms with Crippen molar-refractivity contribution in [2.45, 2.75) is 46.5 Å². The smallest absolute Gasteiger partial charge is 0.328 e. The van der Waals surface area contributed by atoms with Crippen LogP contribution < -0.4 is 0 Å². The third kappa shape index (κ3) is 7.59. The van der Waals surface area contributed by atoms with Crippen LogP contribution in [0.3, 0.4) is 0 Å². The average molecular weight is 196 g/mol. The van der Waals surface area contributed by atoms with E-state index in [1.54, 1.807) is 0 Å². The summed E-state index contributed by atoms with van der Waals surface area (Å²) in [6, 6.07) is 0. The SMILES string of the molecule is CCC/C(C)=C/CC/C(C)=C/C(=O)O. The lowest BCUT2D eigenvalue weighted by Crippen LogP contribution is -1.89. The molecule has 0 amide bonds. The van der Waals surface area contributed by atoms with Gasteiger partial charge in [-0.2, -0.15) is 0 Å². The Hall–Kier alpha value is -1.05. The summed E-state index contributed by atoms with van der Waals surface area (Å²) in [4.78, 5) is 10.3. The zero-order chi connectivity index (χ0) is 11.0. The number of aliphatic carboxylic acids is 1. The third-order valence-corrected chi connectivity index (χ3v) is 2.05. The monoisotopic (exact) mass is 196 g/mol.